The van der Waals surface area contributed by atoms with Crippen molar-refractivity contribution in [2.24, 2.45) is 5.92 Å². The second kappa shape index (κ2) is 7.46. The van der Waals surface area contributed by atoms with Gasteiger partial charge in [0.1, 0.15) is 0 Å². The Labute approximate surface area is 113 Å². The molecule has 1 aliphatic rings. The van der Waals surface area contributed by atoms with E-state index in [1.54, 1.807) is 0 Å². The van der Waals surface area contributed by atoms with Crippen LogP contribution in [-0.4, -0.2) is 38.0 Å². The first-order chi connectivity index (χ1) is 8.46. The van der Waals surface area contributed by atoms with E-state index in [-0.39, 0.29) is 5.60 Å². The highest BCUT2D eigenvalue weighted by molar-refractivity contribution is 4.84. The zero-order valence-electron chi connectivity index (χ0n) is 12.8. The summed E-state index contributed by atoms with van der Waals surface area (Å²) in [6.07, 6.45) is 5.39. The number of nitrogens with one attached hydrogen (secondary N) is 1. The number of hydrogen-bond acceptors (Lipinski definition) is 3. The summed E-state index contributed by atoms with van der Waals surface area (Å²) in [5.41, 5.74) is -0.0652. The molecule has 3 atom stereocenters. The van der Waals surface area contributed by atoms with E-state index in [9.17, 15) is 0 Å². The van der Waals surface area contributed by atoms with Crippen LogP contribution in [0.1, 0.15) is 53.4 Å². The molecule has 0 bridgehead atoms. The van der Waals surface area contributed by atoms with Gasteiger partial charge in [-0.2, -0.15) is 0 Å². The molecule has 0 aliphatic heterocycles. The SMILES string of the molecule is CCC1CCC(NC)C(OCCOC(C)(C)C)C1. The summed E-state index contributed by atoms with van der Waals surface area (Å²) >= 11 is 0. The van der Waals surface area contributed by atoms with Crippen LogP contribution in [0.4, 0.5) is 0 Å². The average molecular weight is 257 g/mol. The van der Waals surface area contributed by atoms with Crippen molar-refractivity contribution in [3.8, 4) is 0 Å². The van der Waals surface area contributed by atoms with Gasteiger partial charge in [-0.3, -0.25) is 0 Å². The molecular weight excluding hydrogens is 226 g/mol. The van der Waals surface area contributed by atoms with Crippen LogP contribution in [0, 0.1) is 5.92 Å². The molecule has 3 unspecified atom stereocenters. The fourth-order valence-corrected chi connectivity index (χ4v) is 2.64. The monoisotopic (exact) mass is 257 g/mol. The van der Waals surface area contributed by atoms with Gasteiger partial charge >= 0.3 is 0 Å². The molecule has 0 heterocycles. The Morgan fingerprint density at radius 1 is 1.17 bits per heavy atom. The average Bonchev–Trinajstić information content (AvgIpc) is 2.33. The maximum absolute atomic E-state index is 6.03. The van der Waals surface area contributed by atoms with Crippen LogP contribution < -0.4 is 5.32 Å². The topological polar surface area (TPSA) is 30.5 Å². The van der Waals surface area contributed by atoms with E-state index in [0.29, 0.717) is 25.4 Å². The van der Waals surface area contributed by atoms with Crippen LogP contribution in [0.5, 0.6) is 0 Å². The van der Waals surface area contributed by atoms with Crippen molar-refractivity contribution in [3.63, 3.8) is 0 Å². The summed E-state index contributed by atoms with van der Waals surface area (Å²) in [6, 6.07) is 0.516. The first-order valence-electron chi connectivity index (χ1n) is 7.39. The minimum Gasteiger partial charge on any atom is -0.374 e. The minimum absolute atomic E-state index is 0.0652. The summed E-state index contributed by atoms with van der Waals surface area (Å²) in [6.45, 7) is 9.92. The van der Waals surface area contributed by atoms with Crippen molar-refractivity contribution in [2.45, 2.75) is 71.1 Å². The Morgan fingerprint density at radius 3 is 2.44 bits per heavy atom. The van der Waals surface area contributed by atoms with E-state index in [0.717, 1.165) is 5.92 Å². The molecule has 1 saturated carbocycles. The van der Waals surface area contributed by atoms with Crippen LogP contribution in [0.25, 0.3) is 0 Å². The summed E-state index contributed by atoms with van der Waals surface area (Å²) in [4.78, 5) is 0. The molecule has 0 aromatic rings. The van der Waals surface area contributed by atoms with Crippen molar-refractivity contribution in [1.82, 2.24) is 5.32 Å². The molecule has 3 heteroatoms. The molecule has 0 aromatic carbocycles. The van der Waals surface area contributed by atoms with Crippen LogP contribution in [0.3, 0.4) is 0 Å². The second-order valence-corrected chi connectivity index (χ2v) is 6.35. The van der Waals surface area contributed by atoms with Crippen molar-refractivity contribution < 1.29 is 9.47 Å². The van der Waals surface area contributed by atoms with E-state index in [4.69, 9.17) is 9.47 Å². The van der Waals surface area contributed by atoms with Crippen molar-refractivity contribution >= 4 is 0 Å². The van der Waals surface area contributed by atoms with E-state index < -0.39 is 0 Å². The highest BCUT2D eigenvalue weighted by atomic mass is 16.5. The number of likely N-dealkylation sites (N-methyl/N-ethyl adjacent to an activating group) is 1. The van der Waals surface area contributed by atoms with E-state index in [2.05, 4.69) is 33.0 Å². The zero-order chi connectivity index (χ0) is 13.6. The maximum atomic E-state index is 6.03. The van der Waals surface area contributed by atoms with E-state index in [1.165, 1.54) is 25.7 Å². The van der Waals surface area contributed by atoms with Gasteiger partial charge in [-0.1, -0.05) is 13.3 Å². The van der Waals surface area contributed by atoms with Gasteiger partial charge in [0.15, 0.2) is 0 Å². The minimum atomic E-state index is -0.0652. The first-order valence-corrected chi connectivity index (χ1v) is 7.39. The van der Waals surface area contributed by atoms with Gasteiger partial charge in [0.25, 0.3) is 0 Å². The van der Waals surface area contributed by atoms with Gasteiger partial charge in [0.05, 0.1) is 24.9 Å². The number of hydrogen-bond donors (Lipinski definition) is 1. The molecule has 3 nitrogen and oxygen atoms in total. The lowest BCUT2D eigenvalue weighted by Crippen LogP contribution is -2.44. The predicted molar refractivity (Wildman–Crippen MR) is 75.9 cm³/mol. The molecule has 0 radical (unpaired) electrons. The van der Waals surface area contributed by atoms with Gasteiger partial charge in [-0.25, -0.2) is 0 Å². The highest BCUT2D eigenvalue weighted by Gasteiger charge is 2.29. The second-order valence-electron chi connectivity index (χ2n) is 6.35. The third-order valence-corrected chi connectivity index (χ3v) is 3.80. The zero-order valence-corrected chi connectivity index (χ0v) is 12.8. The normalized spacial score (nSPS) is 29.5. The molecule has 0 saturated heterocycles. The number of rotatable bonds is 6. The van der Waals surface area contributed by atoms with Crippen molar-refractivity contribution in [2.75, 3.05) is 20.3 Å². The maximum Gasteiger partial charge on any atom is 0.0731 e. The largest absolute Gasteiger partial charge is 0.374 e. The van der Waals surface area contributed by atoms with E-state index >= 15 is 0 Å². The molecule has 1 aliphatic carbocycles. The molecule has 108 valence electrons. The third kappa shape index (κ3) is 5.68. The lowest BCUT2D eigenvalue weighted by molar-refractivity contribution is -0.0693. The third-order valence-electron chi connectivity index (χ3n) is 3.80. The lowest BCUT2D eigenvalue weighted by atomic mass is 9.82. The van der Waals surface area contributed by atoms with Crippen molar-refractivity contribution in [1.29, 1.82) is 0 Å². The Bertz CT molecular complexity index is 225. The van der Waals surface area contributed by atoms with Gasteiger partial charge in [0, 0.05) is 6.04 Å². The van der Waals surface area contributed by atoms with Gasteiger partial charge < -0.3 is 14.8 Å². The molecule has 0 spiro atoms. The van der Waals surface area contributed by atoms with Crippen LogP contribution in [-0.2, 0) is 9.47 Å². The first kappa shape index (κ1) is 15.9. The van der Waals surface area contributed by atoms with E-state index in [1.807, 2.05) is 7.05 Å². The fraction of sp³-hybridized carbons (Fsp3) is 1.00. The summed E-state index contributed by atoms with van der Waals surface area (Å²) in [5.74, 6) is 0.836. The van der Waals surface area contributed by atoms with Gasteiger partial charge in [-0.05, 0) is 53.0 Å². The fourth-order valence-electron chi connectivity index (χ4n) is 2.64. The molecule has 1 N–H and O–H groups in total. The van der Waals surface area contributed by atoms with Crippen LogP contribution in [0.15, 0.2) is 0 Å². The number of ether oxygens (including phenoxy) is 2. The smallest absolute Gasteiger partial charge is 0.0731 e. The summed E-state index contributed by atoms with van der Waals surface area (Å²) in [7, 11) is 2.04. The Kier molecular flexibility index (Phi) is 6.61. The quantitative estimate of drug-likeness (QED) is 0.742. The van der Waals surface area contributed by atoms with Crippen LogP contribution in [0.2, 0.25) is 0 Å². The van der Waals surface area contributed by atoms with Gasteiger partial charge in [-0.15, -0.1) is 0 Å². The standard InChI is InChI=1S/C15H31NO2/c1-6-12-7-8-13(16-5)14(11-12)17-9-10-18-15(2,3)4/h12-14,16H,6-11H2,1-5H3. The molecule has 18 heavy (non-hydrogen) atoms. The Morgan fingerprint density at radius 2 is 1.89 bits per heavy atom. The molecular formula is C15H31NO2. The Balaban J connectivity index is 2.28. The lowest BCUT2D eigenvalue weighted by Gasteiger charge is -2.35. The molecule has 1 fully saturated rings. The summed E-state index contributed by atoms with van der Waals surface area (Å²) in [5, 5.41) is 3.39. The molecule has 1 rings (SSSR count). The predicted octanol–water partition coefficient (Wildman–Crippen LogP) is 2.98. The summed E-state index contributed by atoms with van der Waals surface area (Å²) < 4.78 is 11.7. The highest BCUT2D eigenvalue weighted by Crippen LogP contribution is 2.28. The molecule has 0 amide bonds. The Hall–Kier alpha value is -0.120. The van der Waals surface area contributed by atoms with Gasteiger partial charge in [0.2, 0.25) is 0 Å². The molecule has 0 aromatic heterocycles. The van der Waals surface area contributed by atoms with Crippen LogP contribution >= 0.6 is 0 Å². The van der Waals surface area contributed by atoms with Crippen molar-refractivity contribution in [3.05, 3.63) is 0 Å².